The summed E-state index contributed by atoms with van der Waals surface area (Å²) in [6.07, 6.45) is 4.93. The number of halogens is 2. The van der Waals surface area contributed by atoms with Gasteiger partial charge in [-0.2, -0.15) is 0 Å². The first-order chi connectivity index (χ1) is 12.6. The minimum Gasteiger partial charge on any atom is -0.436 e. The average Bonchev–Trinajstić information content (AvgIpc) is 2.64. The molecule has 0 fully saturated rings. The molecule has 132 valence electrons. The predicted molar refractivity (Wildman–Crippen MR) is 90.5 cm³/mol. The van der Waals surface area contributed by atoms with Crippen LogP contribution < -0.4 is 10.1 Å². The maximum absolute atomic E-state index is 13.8. The number of rotatable bonds is 6. The molecule has 0 unspecified atom stereocenters. The molecular formula is C19H15F2N3O2. The number of hydrogen-bond donors (Lipinski definition) is 1. The Morgan fingerprint density at radius 2 is 1.88 bits per heavy atom. The third-order valence-electron chi connectivity index (χ3n) is 3.54. The molecule has 0 spiro atoms. The van der Waals surface area contributed by atoms with Crippen molar-refractivity contribution < 1.29 is 18.3 Å². The molecule has 7 heteroatoms. The number of carbonyl (C=O) groups excluding carboxylic acids is 1. The van der Waals surface area contributed by atoms with Crippen molar-refractivity contribution in [1.29, 1.82) is 0 Å². The molecule has 0 radical (unpaired) electrons. The van der Waals surface area contributed by atoms with E-state index in [-0.39, 0.29) is 30.5 Å². The van der Waals surface area contributed by atoms with Gasteiger partial charge in [0.1, 0.15) is 5.82 Å². The second-order valence-corrected chi connectivity index (χ2v) is 5.45. The Morgan fingerprint density at radius 1 is 1.08 bits per heavy atom. The van der Waals surface area contributed by atoms with Crippen molar-refractivity contribution in [2.75, 3.05) is 0 Å². The van der Waals surface area contributed by atoms with E-state index in [0.29, 0.717) is 5.56 Å². The van der Waals surface area contributed by atoms with E-state index in [9.17, 15) is 13.6 Å². The molecule has 26 heavy (non-hydrogen) atoms. The normalized spacial score (nSPS) is 10.4. The van der Waals surface area contributed by atoms with Gasteiger partial charge < -0.3 is 10.1 Å². The largest absolute Gasteiger partial charge is 0.436 e. The Kier molecular flexibility index (Phi) is 5.48. The van der Waals surface area contributed by atoms with Crippen molar-refractivity contribution in [2.24, 2.45) is 0 Å². The van der Waals surface area contributed by atoms with E-state index in [4.69, 9.17) is 4.74 Å². The molecule has 5 nitrogen and oxygen atoms in total. The molecule has 0 atom stereocenters. The summed E-state index contributed by atoms with van der Waals surface area (Å²) in [7, 11) is 0. The van der Waals surface area contributed by atoms with Crippen LogP contribution in [0.25, 0.3) is 0 Å². The predicted octanol–water partition coefficient (Wildman–Crippen LogP) is 3.41. The molecular weight excluding hydrogens is 340 g/mol. The highest BCUT2D eigenvalue weighted by molar-refractivity contribution is 5.78. The first-order valence-corrected chi connectivity index (χ1v) is 7.84. The molecule has 0 aliphatic heterocycles. The molecule has 3 aromatic rings. The van der Waals surface area contributed by atoms with Gasteiger partial charge in [-0.05, 0) is 35.9 Å². The lowest BCUT2D eigenvalue weighted by atomic mass is 10.2. The summed E-state index contributed by atoms with van der Waals surface area (Å²) in [4.78, 5) is 20.0. The van der Waals surface area contributed by atoms with E-state index in [1.54, 1.807) is 36.7 Å². The molecule has 0 saturated heterocycles. The number of hydrogen-bond acceptors (Lipinski definition) is 4. The van der Waals surface area contributed by atoms with Gasteiger partial charge >= 0.3 is 0 Å². The Bertz CT molecular complexity index is 904. The molecule has 0 aliphatic rings. The van der Waals surface area contributed by atoms with Crippen molar-refractivity contribution in [3.05, 3.63) is 83.8 Å². The average molecular weight is 355 g/mol. The maximum atomic E-state index is 13.8. The number of ether oxygens (including phenoxy) is 1. The third-order valence-corrected chi connectivity index (χ3v) is 3.54. The number of carbonyl (C=O) groups is 1. The summed E-state index contributed by atoms with van der Waals surface area (Å²) in [5, 5.41) is 2.76. The highest BCUT2D eigenvalue weighted by Crippen LogP contribution is 2.26. The second-order valence-electron chi connectivity index (χ2n) is 5.45. The smallest absolute Gasteiger partial charge is 0.224 e. The van der Waals surface area contributed by atoms with Gasteiger partial charge in [-0.3, -0.25) is 9.78 Å². The van der Waals surface area contributed by atoms with Crippen LogP contribution in [0.3, 0.4) is 0 Å². The minimum atomic E-state index is -0.830. The Hall–Kier alpha value is -3.35. The van der Waals surface area contributed by atoms with Crippen LogP contribution >= 0.6 is 0 Å². The zero-order valence-corrected chi connectivity index (χ0v) is 13.7. The minimum absolute atomic E-state index is 0.141. The molecule has 2 heterocycles. The number of amides is 1. The monoisotopic (exact) mass is 355 g/mol. The number of nitrogens with zero attached hydrogens (tertiary/aromatic N) is 2. The molecule has 1 amide bonds. The van der Waals surface area contributed by atoms with Crippen LogP contribution in [0.2, 0.25) is 0 Å². The topological polar surface area (TPSA) is 64.1 Å². The van der Waals surface area contributed by atoms with Crippen molar-refractivity contribution >= 4 is 5.91 Å². The quantitative estimate of drug-likeness (QED) is 0.736. The van der Waals surface area contributed by atoms with Gasteiger partial charge in [0.25, 0.3) is 0 Å². The van der Waals surface area contributed by atoms with Crippen molar-refractivity contribution in [1.82, 2.24) is 15.3 Å². The summed E-state index contributed by atoms with van der Waals surface area (Å²) in [6.45, 7) is 0.163. The number of pyridine rings is 2. The zero-order valence-electron chi connectivity index (χ0n) is 13.7. The summed E-state index contributed by atoms with van der Waals surface area (Å²) in [5.74, 6) is -1.71. The standard InChI is InChI=1S/C19H15F2N3O2/c20-15-3-4-17(16(21)11-15)26-19-14(2-1-7-23-19)12-24-18(25)10-13-5-8-22-9-6-13/h1-9,11H,10,12H2,(H,24,25). The molecule has 0 saturated carbocycles. The first kappa shape index (κ1) is 17.5. The summed E-state index contributed by atoms with van der Waals surface area (Å²) < 4.78 is 32.2. The number of benzene rings is 1. The van der Waals surface area contributed by atoms with Gasteiger partial charge in [-0.1, -0.05) is 6.07 Å². The summed E-state index contributed by atoms with van der Waals surface area (Å²) >= 11 is 0. The van der Waals surface area contributed by atoms with Crippen LogP contribution in [0.1, 0.15) is 11.1 Å². The van der Waals surface area contributed by atoms with E-state index >= 15 is 0 Å². The van der Waals surface area contributed by atoms with E-state index in [2.05, 4.69) is 15.3 Å². The van der Waals surface area contributed by atoms with Gasteiger partial charge in [0, 0.05) is 36.8 Å². The molecule has 2 aromatic heterocycles. The summed E-state index contributed by atoms with van der Waals surface area (Å²) in [5.41, 5.74) is 1.41. The summed E-state index contributed by atoms with van der Waals surface area (Å²) in [6, 6.07) is 9.91. The van der Waals surface area contributed by atoms with Crippen LogP contribution in [-0.4, -0.2) is 15.9 Å². The van der Waals surface area contributed by atoms with Gasteiger partial charge in [0.2, 0.25) is 11.8 Å². The number of aromatic nitrogens is 2. The van der Waals surface area contributed by atoms with Crippen molar-refractivity contribution in [2.45, 2.75) is 13.0 Å². The lowest BCUT2D eigenvalue weighted by Crippen LogP contribution is -2.24. The fraction of sp³-hybridized carbons (Fsp3) is 0.105. The highest BCUT2D eigenvalue weighted by Gasteiger charge is 2.12. The maximum Gasteiger partial charge on any atom is 0.224 e. The first-order valence-electron chi connectivity index (χ1n) is 7.84. The zero-order chi connectivity index (χ0) is 18.4. The molecule has 1 N–H and O–H groups in total. The Morgan fingerprint density at radius 3 is 2.65 bits per heavy atom. The lowest BCUT2D eigenvalue weighted by Gasteiger charge is -2.11. The van der Waals surface area contributed by atoms with Gasteiger partial charge in [-0.25, -0.2) is 13.8 Å². The lowest BCUT2D eigenvalue weighted by molar-refractivity contribution is -0.120. The van der Waals surface area contributed by atoms with Gasteiger partial charge in [0.15, 0.2) is 11.6 Å². The van der Waals surface area contributed by atoms with E-state index in [1.807, 2.05) is 0 Å². The van der Waals surface area contributed by atoms with E-state index in [1.165, 1.54) is 12.3 Å². The SMILES string of the molecule is O=C(Cc1ccncc1)NCc1cccnc1Oc1ccc(F)cc1F. The van der Waals surface area contributed by atoms with Crippen molar-refractivity contribution in [3.8, 4) is 11.6 Å². The highest BCUT2D eigenvalue weighted by atomic mass is 19.1. The van der Waals surface area contributed by atoms with Crippen LogP contribution in [0.15, 0.2) is 61.1 Å². The fourth-order valence-electron chi connectivity index (χ4n) is 2.26. The second kappa shape index (κ2) is 8.15. The van der Waals surface area contributed by atoms with Gasteiger partial charge in [-0.15, -0.1) is 0 Å². The van der Waals surface area contributed by atoms with Crippen LogP contribution in [0.4, 0.5) is 8.78 Å². The Balaban J connectivity index is 1.66. The van der Waals surface area contributed by atoms with E-state index < -0.39 is 11.6 Å². The fourth-order valence-corrected chi connectivity index (χ4v) is 2.26. The third kappa shape index (κ3) is 4.60. The van der Waals surface area contributed by atoms with Crippen molar-refractivity contribution in [3.63, 3.8) is 0 Å². The molecule has 1 aromatic carbocycles. The van der Waals surface area contributed by atoms with Crippen LogP contribution in [0, 0.1) is 11.6 Å². The Labute approximate surface area is 148 Å². The van der Waals surface area contributed by atoms with Crippen LogP contribution in [-0.2, 0) is 17.8 Å². The number of nitrogens with one attached hydrogen (secondary N) is 1. The van der Waals surface area contributed by atoms with Gasteiger partial charge in [0.05, 0.1) is 6.42 Å². The molecule has 0 aliphatic carbocycles. The van der Waals surface area contributed by atoms with Crippen LogP contribution in [0.5, 0.6) is 11.6 Å². The molecule has 0 bridgehead atoms. The molecule has 3 rings (SSSR count). The van der Waals surface area contributed by atoms with E-state index in [0.717, 1.165) is 17.7 Å².